The second-order valence-electron chi connectivity index (χ2n) is 6.58. The molecule has 0 radical (unpaired) electrons. The average molecular weight is 311 g/mol. The molecular formula is C18H21N3O2. The van der Waals surface area contributed by atoms with Gasteiger partial charge in [-0.15, -0.1) is 0 Å². The molecule has 0 bridgehead atoms. The number of fused-ring (bicyclic) bond motifs is 1. The zero-order valence-corrected chi connectivity index (χ0v) is 13.0. The number of carbonyl (C=O) groups is 1. The maximum atomic E-state index is 12.3. The van der Waals surface area contributed by atoms with Crippen molar-refractivity contribution >= 4 is 22.6 Å². The van der Waals surface area contributed by atoms with Crippen LogP contribution in [0, 0.1) is 5.41 Å². The quantitative estimate of drug-likeness (QED) is 0.894. The van der Waals surface area contributed by atoms with Gasteiger partial charge in [-0.1, -0.05) is 6.07 Å². The Bertz CT molecular complexity index is 725. The zero-order valence-electron chi connectivity index (χ0n) is 13.0. The molecule has 1 spiro atoms. The minimum absolute atomic E-state index is 0.121. The highest BCUT2D eigenvalue weighted by Crippen LogP contribution is 2.48. The van der Waals surface area contributed by atoms with E-state index in [0.29, 0.717) is 0 Å². The van der Waals surface area contributed by atoms with Crippen molar-refractivity contribution in [3.05, 3.63) is 36.5 Å². The minimum atomic E-state index is -0.121. The van der Waals surface area contributed by atoms with Gasteiger partial charge >= 0.3 is 6.03 Å². The third-order valence-corrected chi connectivity index (χ3v) is 5.32. The largest absolute Gasteiger partial charge is 0.381 e. The number of carbonyl (C=O) groups excluding carboxylic acids is 1. The Morgan fingerprint density at radius 3 is 2.87 bits per heavy atom. The predicted molar refractivity (Wildman–Crippen MR) is 89.4 cm³/mol. The molecule has 1 aliphatic heterocycles. The molecule has 2 heterocycles. The molecule has 1 aliphatic carbocycles. The zero-order chi connectivity index (χ0) is 15.7. The highest BCUT2D eigenvalue weighted by molar-refractivity contribution is 5.92. The first-order chi connectivity index (χ1) is 11.3. The van der Waals surface area contributed by atoms with Gasteiger partial charge in [0.25, 0.3) is 0 Å². The van der Waals surface area contributed by atoms with Crippen molar-refractivity contribution in [2.45, 2.75) is 31.7 Å². The topological polar surface area (TPSA) is 63.2 Å². The van der Waals surface area contributed by atoms with Crippen LogP contribution in [0.2, 0.25) is 0 Å². The Morgan fingerprint density at radius 1 is 1.22 bits per heavy atom. The average Bonchev–Trinajstić information content (AvgIpc) is 2.59. The highest BCUT2D eigenvalue weighted by atomic mass is 16.5. The first-order valence-corrected chi connectivity index (χ1v) is 8.25. The van der Waals surface area contributed by atoms with E-state index in [1.165, 1.54) is 6.42 Å². The molecule has 1 aromatic carbocycles. The van der Waals surface area contributed by atoms with Crippen molar-refractivity contribution in [1.82, 2.24) is 10.3 Å². The third-order valence-electron chi connectivity index (χ3n) is 5.32. The van der Waals surface area contributed by atoms with E-state index in [0.717, 1.165) is 49.1 Å². The summed E-state index contributed by atoms with van der Waals surface area (Å²) in [6.45, 7) is 1.63. The summed E-state index contributed by atoms with van der Waals surface area (Å²) in [6, 6.07) is 9.81. The molecule has 1 atom stereocenters. The Balaban J connectivity index is 1.41. The van der Waals surface area contributed by atoms with E-state index in [1.807, 2.05) is 30.3 Å². The molecule has 1 unspecified atom stereocenters. The van der Waals surface area contributed by atoms with Gasteiger partial charge in [-0.25, -0.2) is 4.79 Å². The van der Waals surface area contributed by atoms with Crippen molar-refractivity contribution in [1.29, 1.82) is 0 Å². The van der Waals surface area contributed by atoms with Gasteiger partial charge in [0.15, 0.2) is 0 Å². The summed E-state index contributed by atoms with van der Waals surface area (Å²) in [6.07, 6.45) is 6.14. The molecule has 1 saturated carbocycles. The number of ether oxygens (including phenoxy) is 1. The Kier molecular flexibility index (Phi) is 3.65. The minimum Gasteiger partial charge on any atom is -0.381 e. The summed E-state index contributed by atoms with van der Waals surface area (Å²) >= 11 is 0. The van der Waals surface area contributed by atoms with Crippen LogP contribution in [0.3, 0.4) is 0 Å². The van der Waals surface area contributed by atoms with Crippen LogP contribution in [0.25, 0.3) is 10.9 Å². The van der Waals surface area contributed by atoms with Crippen molar-refractivity contribution in [2.24, 2.45) is 5.41 Å². The van der Waals surface area contributed by atoms with E-state index < -0.39 is 0 Å². The summed E-state index contributed by atoms with van der Waals surface area (Å²) < 4.78 is 5.46. The van der Waals surface area contributed by atoms with E-state index in [2.05, 4.69) is 15.6 Å². The molecule has 23 heavy (non-hydrogen) atoms. The number of pyridine rings is 1. The Labute approximate surface area is 135 Å². The van der Waals surface area contributed by atoms with Gasteiger partial charge < -0.3 is 15.4 Å². The summed E-state index contributed by atoms with van der Waals surface area (Å²) in [5.74, 6) is 0. The lowest BCUT2D eigenvalue weighted by molar-refractivity contribution is -0.0507. The molecule has 2 amide bonds. The number of aromatic nitrogens is 1. The summed E-state index contributed by atoms with van der Waals surface area (Å²) in [5, 5.41) is 7.12. The van der Waals surface area contributed by atoms with Crippen LogP contribution in [0.5, 0.6) is 0 Å². The number of anilines is 1. The number of nitrogens with one attached hydrogen (secondary N) is 2. The molecule has 2 aliphatic rings. The molecule has 1 saturated heterocycles. The fourth-order valence-electron chi connectivity index (χ4n) is 3.78. The molecule has 1 aromatic heterocycles. The van der Waals surface area contributed by atoms with Crippen LogP contribution in [0.4, 0.5) is 10.5 Å². The number of benzene rings is 1. The number of nitrogens with zero attached hydrogens (tertiary/aromatic N) is 1. The first-order valence-electron chi connectivity index (χ1n) is 8.25. The normalized spacial score (nSPS) is 22.5. The summed E-state index contributed by atoms with van der Waals surface area (Å²) in [7, 11) is 0. The highest BCUT2D eigenvalue weighted by Gasteiger charge is 2.47. The monoisotopic (exact) mass is 311 g/mol. The SMILES string of the molecule is O=C(Nc1ccc2ncccc2c1)NC1CCC12CCOCC2. The van der Waals surface area contributed by atoms with Crippen LogP contribution >= 0.6 is 0 Å². The number of urea groups is 1. The first kappa shape index (κ1) is 14.5. The maximum Gasteiger partial charge on any atom is 0.319 e. The number of amides is 2. The van der Waals surface area contributed by atoms with Gasteiger partial charge in [-0.05, 0) is 55.4 Å². The lowest BCUT2D eigenvalue weighted by Crippen LogP contribution is -2.57. The third kappa shape index (κ3) is 2.77. The molecule has 5 nitrogen and oxygen atoms in total. The lowest BCUT2D eigenvalue weighted by Gasteiger charge is -2.51. The van der Waals surface area contributed by atoms with Crippen molar-refractivity contribution in [2.75, 3.05) is 18.5 Å². The predicted octanol–water partition coefficient (Wildman–Crippen LogP) is 3.32. The summed E-state index contributed by atoms with van der Waals surface area (Å²) in [4.78, 5) is 16.6. The molecular weight excluding hydrogens is 290 g/mol. The smallest absolute Gasteiger partial charge is 0.319 e. The molecule has 2 aromatic rings. The molecule has 120 valence electrons. The van der Waals surface area contributed by atoms with Gasteiger partial charge in [0, 0.05) is 36.5 Å². The summed E-state index contributed by atoms with van der Waals surface area (Å²) in [5.41, 5.74) is 1.99. The van der Waals surface area contributed by atoms with Crippen LogP contribution in [0.1, 0.15) is 25.7 Å². The van der Waals surface area contributed by atoms with E-state index in [9.17, 15) is 4.79 Å². The van der Waals surface area contributed by atoms with Crippen LogP contribution in [-0.4, -0.2) is 30.3 Å². The van der Waals surface area contributed by atoms with Crippen molar-refractivity contribution in [3.63, 3.8) is 0 Å². The molecule has 5 heteroatoms. The maximum absolute atomic E-state index is 12.3. The molecule has 2 N–H and O–H groups in total. The van der Waals surface area contributed by atoms with Crippen LogP contribution in [-0.2, 0) is 4.74 Å². The number of rotatable bonds is 2. The second kappa shape index (κ2) is 5.81. The van der Waals surface area contributed by atoms with E-state index in [-0.39, 0.29) is 17.5 Å². The van der Waals surface area contributed by atoms with Gasteiger partial charge in [-0.3, -0.25) is 4.98 Å². The molecule has 4 rings (SSSR count). The molecule has 2 fully saturated rings. The van der Waals surface area contributed by atoms with Crippen molar-refractivity contribution in [3.8, 4) is 0 Å². The van der Waals surface area contributed by atoms with Crippen molar-refractivity contribution < 1.29 is 9.53 Å². The number of hydrogen-bond acceptors (Lipinski definition) is 3. The fraction of sp³-hybridized carbons (Fsp3) is 0.444. The van der Waals surface area contributed by atoms with E-state index in [4.69, 9.17) is 4.74 Å². The standard InChI is InChI=1S/C18H21N3O2/c22-17(21-16-5-6-18(16)7-10-23-11-8-18)20-14-3-4-15-13(12-14)2-1-9-19-15/h1-4,9,12,16H,5-8,10-11H2,(H2,20,21,22). The van der Waals surface area contributed by atoms with Gasteiger partial charge in [0.2, 0.25) is 0 Å². The van der Waals surface area contributed by atoms with Crippen LogP contribution < -0.4 is 10.6 Å². The number of hydrogen-bond donors (Lipinski definition) is 2. The van der Waals surface area contributed by atoms with Crippen LogP contribution in [0.15, 0.2) is 36.5 Å². The second-order valence-corrected chi connectivity index (χ2v) is 6.58. The Hall–Kier alpha value is -2.14. The van der Waals surface area contributed by atoms with Gasteiger partial charge in [0.05, 0.1) is 5.52 Å². The van der Waals surface area contributed by atoms with Gasteiger partial charge in [0.1, 0.15) is 0 Å². The van der Waals surface area contributed by atoms with E-state index >= 15 is 0 Å². The fourth-order valence-corrected chi connectivity index (χ4v) is 3.78. The lowest BCUT2D eigenvalue weighted by atomic mass is 9.60. The Morgan fingerprint density at radius 2 is 2.09 bits per heavy atom. The van der Waals surface area contributed by atoms with E-state index in [1.54, 1.807) is 6.20 Å². The van der Waals surface area contributed by atoms with Gasteiger partial charge in [-0.2, -0.15) is 0 Å².